The lowest BCUT2D eigenvalue weighted by atomic mass is 10.0. The Balaban J connectivity index is 2.06. The third-order valence-electron chi connectivity index (χ3n) is 6.84. The number of sulfonamides is 1. The van der Waals surface area contributed by atoms with Gasteiger partial charge in [-0.15, -0.1) is 0 Å². The molecule has 0 aliphatic heterocycles. The first-order valence-corrected chi connectivity index (χ1v) is 15.4. The zero-order valence-electron chi connectivity index (χ0n) is 25.4. The van der Waals surface area contributed by atoms with E-state index in [1.807, 2.05) is 71.0 Å². The number of rotatable bonds is 10. The van der Waals surface area contributed by atoms with Crippen LogP contribution in [0.25, 0.3) is 0 Å². The van der Waals surface area contributed by atoms with Crippen LogP contribution in [0.3, 0.4) is 0 Å². The molecule has 3 aromatic rings. The maximum atomic E-state index is 14.1. The number of hydrogen-bond acceptors (Lipinski definition) is 4. The number of anilines is 1. The Kier molecular flexibility index (Phi) is 10.0. The molecule has 2 amide bonds. The van der Waals surface area contributed by atoms with Crippen LogP contribution in [0.5, 0.6) is 0 Å². The van der Waals surface area contributed by atoms with Gasteiger partial charge in [-0.25, -0.2) is 8.42 Å². The summed E-state index contributed by atoms with van der Waals surface area (Å²) in [5.74, 6) is -0.528. The van der Waals surface area contributed by atoms with E-state index in [0.717, 1.165) is 26.6 Å². The summed E-state index contributed by atoms with van der Waals surface area (Å²) in [7, 11) is -4.10. The van der Waals surface area contributed by atoms with Gasteiger partial charge in [-0.05, 0) is 82.9 Å². The van der Waals surface area contributed by atoms with Gasteiger partial charge in [0.25, 0.3) is 10.0 Å². The number of aryl methyl sites for hydroxylation is 2. The largest absolute Gasteiger partial charge is 0.350 e. The number of nitrogens with zero attached hydrogens (tertiary/aromatic N) is 2. The molecule has 0 saturated heterocycles. The highest BCUT2D eigenvalue weighted by atomic mass is 32.2. The number of amides is 2. The zero-order chi connectivity index (χ0) is 30.5. The molecule has 41 heavy (non-hydrogen) atoms. The summed E-state index contributed by atoms with van der Waals surface area (Å²) in [5, 5.41) is 2.95. The van der Waals surface area contributed by atoms with Crippen molar-refractivity contribution in [3.8, 4) is 0 Å². The van der Waals surface area contributed by atoms with Crippen molar-refractivity contribution >= 4 is 27.5 Å². The molecular formula is C33H43N3O4S. The van der Waals surface area contributed by atoms with E-state index >= 15 is 0 Å². The minimum Gasteiger partial charge on any atom is -0.350 e. The minimum atomic E-state index is -4.10. The van der Waals surface area contributed by atoms with Crippen LogP contribution in [-0.4, -0.2) is 43.3 Å². The van der Waals surface area contributed by atoms with Gasteiger partial charge in [0.05, 0.1) is 10.6 Å². The summed E-state index contributed by atoms with van der Waals surface area (Å²) in [5.41, 5.74) is 3.74. The SMILES string of the molecule is Cc1ccc(S(=O)(=O)N(CC(=O)N(Cc2cccc(C)c2)C(C)C(=O)NC(C)(C)C)c2ccc(C(C)C)cc2)cc1. The molecule has 0 radical (unpaired) electrons. The van der Waals surface area contributed by atoms with Crippen LogP contribution in [0.1, 0.15) is 69.7 Å². The Hall–Kier alpha value is -3.65. The monoisotopic (exact) mass is 577 g/mol. The predicted molar refractivity (Wildman–Crippen MR) is 165 cm³/mol. The smallest absolute Gasteiger partial charge is 0.264 e. The molecule has 0 aliphatic carbocycles. The summed E-state index contributed by atoms with van der Waals surface area (Å²) in [6.45, 7) is 15.0. The fourth-order valence-corrected chi connectivity index (χ4v) is 5.87. The zero-order valence-corrected chi connectivity index (χ0v) is 26.2. The second-order valence-corrected chi connectivity index (χ2v) is 13.9. The van der Waals surface area contributed by atoms with E-state index in [4.69, 9.17) is 0 Å². The second kappa shape index (κ2) is 12.9. The summed E-state index contributed by atoms with van der Waals surface area (Å²) in [6, 6.07) is 20.7. The van der Waals surface area contributed by atoms with E-state index in [1.165, 1.54) is 4.90 Å². The van der Waals surface area contributed by atoms with Gasteiger partial charge in [-0.1, -0.05) is 73.5 Å². The molecule has 0 aromatic heterocycles. The number of benzene rings is 3. The molecule has 1 unspecified atom stereocenters. The van der Waals surface area contributed by atoms with E-state index in [9.17, 15) is 18.0 Å². The molecule has 0 fully saturated rings. The molecule has 1 atom stereocenters. The molecule has 3 rings (SSSR count). The van der Waals surface area contributed by atoms with Crippen molar-refractivity contribution in [2.24, 2.45) is 0 Å². The third-order valence-corrected chi connectivity index (χ3v) is 8.62. The lowest BCUT2D eigenvalue weighted by Crippen LogP contribution is -2.54. The van der Waals surface area contributed by atoms with Crippen molar-refractivity contribution in [2.75, 3.05) is 10.8 Å². The van der Waals surface area contributed by atoms with Gasteiger partial charge < -0.3 is 10.2 Å². The molecule has 0 bridgehead atoms. The standard InChI is InChI=1S/C33H43N3O4S/c1-23(2)28-14-16-29(17-15-28)36(41(39,40)30-18-12-24(3)13-19-30)22-31(37)35(21-27-11-9-10-25(4)20-27)26(5)32(38)34-33(6,7)8/h9-20,23,26H,21-22H2,1-8H3,(H,34,38). The van der Waals surface area contributed by atoms with Gasteiger partial charge in [0, 0.05) is 12.1 Å². The van der Waals surface area contributed by atoms with E-state index in [1.54, 1.807) is 43.3 Å². The Morgan fingerprint density at radius 3 is 2.00 bits per heavy atom. The Labute approximate surface area is 245 Å². The molecule has 3 aromatic carbocycles. The van der Waals surface area contributed by atoms with Gasteiger partial charge in [0.2, 0.25) is 11.8 Å². The Morgan fingerprint density at radius 2 is 1.46 bits per heavy atom. The summed E-state index contributed by atoms with van der Waals surface area (Å²) >= 11 is 0. The number of hydrogen-bond donors (Lipinski definition) is 1. The van der Waals surface area contributed by atoms with E-state index in [-0.39, 0.29) is 23.3 Å². The quantitative estimate of drug-likeness (QED) is 0.322. The number of carbonyl (C=O) groups is 2. The Morgan fingerprint density at radius 1 is 0.854 bits per heavy atom. The lowest BCUT2D eigenvalue weighted by Gasteiger charge is -2.33. The van der Waals surface area contributed by atoms with Crippen LogP contribution >= 0.6 is 0 Å². The highest BCUT2D eigenvalue weighted by molar-refractivity contribution is 7.92. The van der Waals surface area contributed by atoms with Crippen LogP contribution in [0.4, 0.5) is 5.69 Å². The van der Waals surface area contributed by atoms with Crippen molar-refractivity contribution in [3.05, 3.63) is 95.1 Å². The average molecular weight is 578 g/mol. The third kappa shape index (κ3) is 8.43. The highest BCUT2D eigenvalue weighted by Crippen LogP contribution is 2.27. The average Bonchev–Trinajstić information content (AvgIpc) is 2.89. The van der Waals surface area contributed by atoms with Crippen molar-refractivity contribution in [1.29, 1.82) is 0 Å². The van der Waals surface area contributed by atoms with Crippen LogP contribution in [0, 0.1) is 13.8 Å². The number of nitrogens with one attached hydrogen (secondary N) is 1. The Bertz CT molecular complexity index is 1460. The lowest BCUT2D eigenvalue weighted by molar-refractivity contribution is -0.140. The molecule has 1 N–H and O–H groups in total. The maximum absolute atomic E-state index is 14.1. The van der Waals surface area contributed by atoms with Crippen LogP contribution < -0.4 is 9.62 Å². The first-order chi connectivity index (χ1) is 19.1. The molecular weight excluding hydrogens is 534 g/mol. The topological polar surface area (TPSA) is 86.8 Å². The van der Waals surface area contributed by atoms with E-state index in [2.05, 4.69) is 19.2 Å². The fraction of sp³-hybridized carbons (Fsp3) is 0.394. The number of carbonyl (C=O) groups excluding carboxylic acids is 2. The van der Waals surface area contributed by atoms with Crippen LogP contribution in [0.2, 0.25) is 0 Å². The molecule has 0 saturated carbocycles. The second-order valence-electron chi connectivity index (χ2n) is 12.0. The first kappa shape index (κ1) is 31.9. The predicted octanol–water partition coefficient (Wildman–Crippen LogP) is 5.95. The summed E-state index contributed by atoms with van der Waals surface area (Å²) < 4.78 is 29.1. The van der Waals surface area contributed by atoms with Crippen molar-refractivity contribution < 1.29 is 18.0 Å². The maximum Gasteiger partial charge on any atom is 0.264 e. The highest BCUT2D eigenvalue weighted by Gasteiger charge is 2.33. The van der Waals surface area contributed by atoms with Crippen LogP contribution in [-0.2, 0) is 26.2 Å². The van der Waals surface area contributed by atoms with Crippen molar-refractivity contribution in [1.82, 2.24) is 10.2 Å². The summed E-state index contributed by atoms with van der Waals surface area (Å²) in [4.78, 5) is 28.9. The van der Waals surface area contributed by atoms with Crippen molar-refractivity contribution in [3.63, 3.8) is 0 Å². The van der Waals surface area contributed by atoms with E-state index < -0.39 is 34.1 Å². The first-order valence-electron chi connectivity index (χ1n) is 13.9. The van der Waals surface area contributed by atoms with Gasteiger partial charge >= 0.3 is 0 Å². The van der Waals surface area contributed by atoms with Gasteiger partial charge in [-0.2, -0.15) is 0 Å². The molecule has 220 valence electrons. The summed E-state index contributed by atoms with van der Waals surface area (Å²) in [6.07, 6.45) is 0. The van der Waals surface area contributed by atoms with Crippen molar-refractivity contribution in [2.45, 2.75) is 84.3 Å². The van der Waals surface area contributed by atoms with Crippen LogP contribution in [0.15, 0.2) is 77.7 Å². The molecule has 0 heterocycles. The normalized spacial score (nSPS) is 12.6. The molecule has 0 aliphatic rings. The van der Waals surface area contributed by atoms with Gasteiger partial charge in [0.15, 0.2) is 0 Å². The fourth-order valence-electron chi connectivity index (χ4n) is 4.46. The van der Waals surface area contributed by atoms with E-state index in [0.29, 0.717) is 5.69 Å². The van der Waals surface area contributed by atoms with Gasteiger partial charge in [-0.3, -0.25) is 13.9 Å². The molecule has 0 spiro atoms. The van der Waals surface area contributed by atoms with Gasteiger partial charge in [0.1, 0.15) is 12.6 Å². The minimum absolute atomic E-state index is 0.0904. The molecule has 7 nitrogen and oxygen atoms in total. The molecule has 8 heteroatoms.